The second-order valence-electron chi connectivity index (χ2n) is 9.67. The molecule has 2 saturated heterocycles. The lowest BCUT2D eigenvalue weighted by molar-refractivity contribution is 0.0952. The average molecular weight is 550 g/mol. The highest BCUT2D eigenvalue weighted by Crippen LogP contribution is 2.27. The third-order valence-corrected chi connectivity index (χ3v) is 7.80. The number of aliphatic hydroxyl groups is 1. The van der Waals surface area contributed by atoms with Crippen LogP contribution >= 0.6 is 11.3 Å². The first-order valence-corrected chi connectivity index (χ1v) is 13.7. The monoisotopic (exact) mass is 549 g/mol. The maximum atomic E-state index is 13.1. The number of halogens is 1. The van der Waals surface area contributed by atoms with Crippen molar-refractivity contribution < 1.29 is 28.6 Å². The lowest BCUT2D eigenvalue weighted by Crippen LogP contribution is -2.33. The van der Waals surface area contributed by atoms with Crippen molar-refractivity contribution in [2.75, 3.05) is 63.9 Å². The van der Waals surface area contributed by atoms with Crippen LogP contribution in [0.15, 0.2) is 23.6 Å². The van der Waals surface area contributed by atoms with Crippen molar-refractivity contribution in [2.24, 2.45) is 0 Å². The molecular weight excluding hydrogens is 513 g/mol. The molecule has 1 aromatic heterocycles. The van der Waals surface area contributed by atoms with E-state index >= 15 is 0 Å². The zero-order valence-corrected chi connectivity index (χ0v) is 22.6. The minimum absolute atomic E-state index is 0.0739. The largest absolute Gasteiger partial charge is 0.392 e. The summed E-state index contributed by atoms with van der Waals surface area (Å²) in [6.45, 7) is 2.73. The van der Waals surface area contributed by atoms with Gasteiger partial charge in [-0.25, -0.2) is 4.98 Å². The van der Waals surface area contributed by atoms with Gasteiger partial charge >= 0.3 is 0 Å². The molecule has 1 aromatic carbocycles. The number of amides is 2. The Morgan fingerprint density at radius 1 is 1.26 bits per heavy atom. The normalized spacial score (nSPS) is 21.7. The number of aliphatic hydroxyl groups excluding tert-OH is 1. The third kappa shape index (κ3) is 7.06. The fourth-order valence-corrected chi connectivity index (χ4v) is 5.74. The zero-order chi connectivity index (χ0) is 27.1. The van der Waals surface area contributed by atoms with Gasteiger partial charge in [0.2, 0.25) is 0 Å². The highest BCUT2D eigenvalue weighted by molar-refractivity contribution is 7.14. The summed E-state index contributed by atoms with van der Waals surface area (Å²) in [4.78, 5) is 34.8. The molecule has 0 radical (unpaired) electrons. The Balaban J connectivity index is 1.50. The molecule has 208 valence electrons. The summed E-state index contributed by atoms with van der Waals surface area (Å²) in [6, 6.07) is 5.36. The van der Waals surface area contributed by atoms with Gasteiger partial charge in [0.15, 0.2) is 5.13 Å². The minimum atomic E-state index is -0.531. The first-order valence-electron chi connectivity index (χ1n) is 12.8. The van der Waals surface area contributed by atoms with Crippen molar-refractivity contribution in [3.63, 3.8) is 0 Å². The second-order valence-corrected chi connectivity index (χ2v) is 10.5. The Bertz CT molecular complexity index is 1100. The number of ether oxygens (including phenoxy) is 2. The van der Waals surface area contributed by atoms with Gasteiger partial charge in [0.05, 0.1) is 36.7 Å². The summed E-state index contributed by atoms with van der Waals surface area (Å²) in [5, 5.41) is 18.2. The van der Waals surface area contributed by atoms with E-state index in [4.69, 9.17) is 9.47 Å². The highest BCUT2D eigenvalue weighted by Gasteiger charge is 2.31. The molecule has 10 nitrogen and oxygen atoms in total. The topological polar surface area (TPSA) is 116 Å². The van der Waals surface area contributed by atoms with Crippen LogP contribution in [0.2, 0.25) is 0 Å². The van der Waals surface area contributed by atoms with E-state index in [0.29, 0.717) is 31.8 Å². The number of nitrogens with one attached hydrogen (secondary N) is 2. The number of carbonyl (C=O) groups is 2. The van der Waals surface area contributed by atoms with Gasteiger partial charge in [-0.15, -0.1) is 11.3 Å². The van der Waals surface area contributed by atoms with Crippen molar-refractivity contribution in [2.45, 2.75) is 44.1 Å². The number of aromatic nitrogens is 1. The molecule has 3 heterocycles. The first-order chi connectivity index (χ1) is 18.4. The van der Waals surface area contributed by atoms with Crippen LogP contribution < -0.4 is 15.5 Å². The van der Waals surface area contributed by atoms with E-state index in [1.54, 1.807) is 31.7 Å². The number of hydrogen-bond donors (Lipinski definition) is 3. The molecule has 4 rings (SSSR count). The molecule has 3 N–H and O–H groups in total. The van der Waals surface area contributed by atoms with Crippen molar-refractivity contribution in [1.29, 1.82) is 0 Å². The van der Waals surface area contributed by atoms with Crippen molar-refractivity contribution >= 4 is 34.0 Å². The smallest absolute Gasteiger partial charge is 0.275 e. The Hall–Kier alpha value is -2.64. The molecule has 12 heteroatoms. The van der Waals surface area contributed by atoms with Gasteiger partial charge in [-0.1, -0.05) is 6.07 Å². The van der Waals surface area contributed by atoms with E-state index in [-0.39, 0.29) is 36.4 Å². The standard InChI is InChI=1S/C26H36FN5O5S/c1-36-15-18-11-19(33)13-32(18)12-17-4-5-22(21(10-17)24(34)28-8-3-7-27)29-25(35)23-16-38-26(30-23)31-9-6-20(14-31)37-2/h4-5,10,16,18-20,33H,3,6-9,11-15H2,1-2H3,(H,28,34)(H,29,35)/t18-,19-,20+/m1/s1. The SMILES string of the molecule is COC[C@H]1C[C@@H](O)CN1Cc1ccc(NC(=O)c2csc(N3CC[C@H](OC)C3)n2)c(C(=O)NCCCF)c1. The minimum Gasteiger partial charge on any atom is -0.392 e. The predicted octanol–water partition coefficient (Wildman–Crippen LogP) is 2.29. The Labute approximate surface area is 226 Å². The molecular formula is C26H36FN5O5S. The molecule has 2 amide bonds. The summed E-state index contributed by atoms with van der Waals surface area (Å²) in [6.07, 6.45) is 1.47. The van der Waals surface area contributed by atoms with E-state index in [9.17, 15) is 19.1 Å². The Kier molecular flexibility index (Phi) is 10.0. The molecule has 38 heavy (non-hydrogen) atoms. The number of thiazole rings is 1. The fourth-order valence-electron chi connectivity index (χ4n) is 4.90. The van der Waals surface area contributed by atoms with Gasteiger partial charge in [-0.3, -0.25) is 18.9 Å². The van der Waals surface area contributed by atoms with Crippen LogP contribution in [0.4, 0.5) is 15.2 Å². The molecule has 0 unspecified atom stereocenters. The number of β-amino-alcohol motifs (C(OH)–C–C–N with tert-alkyl or cyclic N) is 1. The number of carbonyl (C=O) groups excluding carboxylic acids is 2. The van der Waals surface area contributed by atoms with Crippen LogP contribution in [0.5, 0.6) is 0 Å². The lowest BCUT2D eigenvalue weighted by Gasteiger charge is -2.24. The summed E-state index contributed by atoms with van der Waals surface area (Å²) in [7, 11) is 3.32. The molecule has 2 aromatic rings. The maximum Gasteiger partial charge on any atom is 0.275 e. The average Bonchev–Trinajstić information content (AvgIpc) is 3.65. The van der Waals surface area contributed by atoms with Crippen molar-refractivity contribution in [1.82, 2.24) is 15.2 Å². The van der Waals surface area contributed by atoms with Gasteiger partial charge < -0.3 is 30.1 Å². The summed E-state index contributed by atoms with van der Waals surface area (Å²) >= 11 is 1.39. The van der Waals surface area contributed by atoms with Crippen LogP contribution in [0, 0.1) is 0 Å². The number of likely N-dealkylation sites (tertiary alicyclic amines) is 1. The van der Waals surface area contributed by atoms with Gasteiger partial charge in [0.1, 0.15) is 5.69 Å². The number of benzene rings is 1. The second kappa shape index (κ2) is 13.4. The quantitative estimate of drug-likeness (QED) is 0.346. The van der Waals surface area contributed by atoms with E-state index in [1.165, 1.54) is 11.3 Å². The van der Waals surface area contributed by atoms with Crippen LogP contribution in [-0.4, -0.2) is 98.7 Å². The number of alkyl halides is 1. The van der Waals surface area contributed by atoms with Gasteiger partial charge in [-0.2, -0.15) is 0 Å². The van der Waals surface area contributed by atoms with E-state index in [2.05, 4.69) is 25.4 Å². The first kappa shape index (κ1) is 28.4. The number of anilines is 2. The van der Waals surface area contributed by atoms with Crippen molar-refractivity contribution in [3.05, 3.63) is 40.4 Å². The number of nitrogens with zero attached hydrogens (tertiary/aromatic N) is 3. The van der Waals surface area contributed by atoms with Crippen LogP contribution in [0.25, 0.3) is 0 Å². The van der Waals surface area contributed by atoms with Gasteiger partial charge in [0, 0.05) is 58.4 Å². The molecule has 0 bridgehead atoms. The Morgan fingerprint density at radius 2 is 2.11 bits per heavy atom. The van der Waals surface area contributed by atoms with E-state index in [1.807, 2.05) is 6.07 Å². The molecule has 2 aliphatic rings. The predicted molar refractivity (Wildman–Crippen MR) is 144 cm³/mol. The van der Waals surface area contributed by atoms with Gasteiger partial charge in [-0.05, 0) is 37.0 Å². The summed E-state index contributed by atoms with van der Waals surface area (Å²) in [5.41, 5.74) is 1.76. The van der Waals surface area contributed by atoms with Crippen LogP contribution in [0.1, 0.15) is 45.7 Å². The molecule has 0 saturated carbocycles. The number of hydrogen-bond acceptors (Lipinski definition) is 9. The van der Waals surface area contributed by atoms with E-state index < -0.39 is 24.6 Å². The highest BCUT2D eigenvalue weighted by atomic mass is 32.1. The van der Waals surface area contributed by atoms with Crippen LogP contribution in [0.3, 0.4) is 0 Å². The van der Waals surface area contributed by atoms with E-state index in [0.717, 1.165) is 30.2 Å². The number of rotatable bonds is 12. The third-order valence-electron chi connectivity index (χ3n) is 6.90. The summed E-state index contributed by atoms with van der Waals surface area (Å²) in [5.74, 6) is -0.810. The fraction of sp³-hybridized carbons (Fsp3) is 0.577. The molecule has 2 fully saturated rings. The molecule has 0 aliphatic carbocycles. The Morgan fingerprint density at radius 3 is 2.84 bits per heavy atom. The van der Waals surface area contributed by atoms with Gasteiger partial charge in [0.25, 0.3) is 11.8 Å². The molecule has 0 spiro atoms. The summed E-state index contributed by atoms with van der Waals surface area (Å²) < 4.78 is 23.3. The lowest BCUT2D eigenvalue weighted by atomic mass is 10.1. The molecule has 3 atom stereocenters. The molecule has 2 aliphatic heterocycles. The number of methoxy groups -OCH3 is 2. The zero-order valence-electron chi connectivity index (χ0n) is 21.8. The van der Waals surface area contributed by atoms with Crippen molar-refractivity contribution in [3.8, 4) is 0 Å². The van der Waals surface area contributed by atoms with Crippen LogP contribution in [-0.2, 0) is 16.0 Å². The maximum absolute atomic E-state index is 13.1.